The average molecular weight is 271 g/mol. The topological polar surface area (TPSA) is 21.3 Å². The minimum Gasteiger partial charge on any atom is -0.486 e. The average Bonchev–Trinajstić information content (AvgIpc) is 2.34. The number of halogens is 2. The van der Waals surface area contributed by atoms with Crippen molar-refractivity contribution in [2.75, 3.05) is 13.1 Å². The van der Waals surface area contributed by atoms with Crippen LogP contribution in [0.1, 0.15) is 33.6 Å². The molecule has 0 saturated carbocycles. The van der Waals surface area contributed by atoms with Crippen molar-refractivity contribution in [3.05, 3.63) is 29.8 Å². The Bertz CT molecular complexity index is 382. The van der Waals surface area contributed by atoms with E-state index in [4.69, 9.17) is 4.74 Å². The van der Waals surface area contributed by atoms with Crippen LogP contribution in [-0.2, 0) is 0 Å². The molecule has 4 heteroatoms. The predicted octanol–water partition coefficient (Wildman–Crippen LogP) is 3.76. The second kappa shape index (κ2) is 8.10. The maximum Gasteiger partial charge on any atom is 0.200 e. The van der Waals surface area contributed by atoms with E-state index in [2.05, 4.69) is 19.2 Å². The molecule has 1 aromatic carbocycles. The molecule has 1 atom stereocenters. The van der Waals surface area contributed by atoms with Gasteiger partial charge in [-0.2, -0.15) is 4.39 Å². The van der Waals surface area contributed by atoms with Crippen LogP contribution in [-0.4, -0.2) is 19.2 Å². The van der Waals surface area contributed by atoms with Crippen LogP contribution in [0.2, 0.25) is 0 Å². The van der Waals surface area contributed by atoms with E-state index in [0.717, 1.165) is 25.5 Å². The fourth-order valence-electron chi connectivity index (χ4n) is 1.81. The van der Waals surface area contributed by atoms with Crippen molar-refractivity contribution in [1.29, 1.82) is 0 Å². The summed E-state index contributed by atoms with van der Waals surface area (Å²) in [6.45, 7) is 7.81. The Balaban J connectivity index is 2.59. The SMILES string of the molecule is CCCC(CNCC(C)C)Oc1cccc(F)c1F. The Morgan fingerprint density at radius 2 is 1.95 bits per heavy atom. The van der Waals surface area contributed by atoms with Crippen LogP contribution < -0.4 is 10.1 Å². The maximum absolute atomic E-state index is 13.5. The molecule has 0 radical (unpaired) electrons. The highest BCUT2D eigenvalue weighted by molar-refractivity contribution is 5.25. The Labute approximate surface area is 114 Å². The summed E-state index contributed by atoms with van der Waals surface area (Å²) in [5.74, 6) is -1.24. The van der Waals surface area contributed by atoms with Crippen molar-refractivity contribution in [1.82, 2.24) is 5.32 Å². The van der Waals surface area contributed by atoms with Gasteiger partial charge >= 0.3 is 0 Å². The van der Waals surface area contributed by atoms with Crippen molar-refractivity contribution >= 4 is 0 Å². The quantitative estimate of drug-likeness (QED) is 0.777. The van der Waals surface area contributed by atoms with Gasteiger partial charge in [0.05, 0.1) is 0 Å². The summed E-state index contributed by atoms with van der Waals surface area (Å²) >= 11 is 0. The molecular weight excluding hydrogens is 248 g/mol. The molecule has 0 aliphatic rings. The summed E-state index contributed by atoms with van der Waals surface area (Å²) in [7, 11) is 0. The van der Waals surface area contributed by atoms with E-state index >= 15 is 0 Å². The van der Waals surface area contributed by atoms with Crippen molar-refractivity contribution in [2.45, 2.75) is 39.7 Å². The van der Waals surface area contributed by atoms with Crippen LogP contribution in [0.25, 0.3) is 0 Å². The summed E-state index contributed by atoms with van der Waals surface area (Å²) in [6, 6.07) is 4.01. The molecule has 1 rings (SSSR count). The first-order chi connectivity index (χ1) is 9.04. The molecule has 0 heterocycles. The molecule has 0 aliphatic heterocycles. The van der Waals surface area contributed by atoms with Crippen molar-refractivity contribution in [2.24, 2.45) is 5.92 Å². The van der Waals surface area contributed by atoms with Crippen LogP contribution in [0.4, 0.5) is 8.78 Å². The van der Waals surface area contributed by atoms with Crippen LogP contribution in [0.3, 0.4) is 0 Å². The minimum absolute atomic E-state index is 0.00945. The van der Waals surface area contributed by atoms with E-state index in [-0.39, 0.29) is 11.9 Å². The van der Waals surface area contributed by atoms with Gasteiger partial charge in [0.2, 0.25) is 5.82 Å². The van der Waals surface area contributed by atoms with E-state index in [9.17, 15) is 8.78 Å². The van der Waals surface area contributed by atoms with E-state index in [0.29, 0.717) is 12.5 Å². The Hall–Kier alpha value is -1.16. The van der Waals surface area contributed by atoms with Gasteiger partial charge in [-0.25, -0.2) is 4.39 Å². The Kier molecular flexibility index (Phi) is 6.78. The summed E-state index contributed by atoms with van der Waals surface area (Å²) in [4.78, 5) is 0. The maximum atomic E-state index is 13.5. The van der Waals surface area contributed by atoms with Crippen molar-refractivity contribution in [3.63, 3.8) is 0 Å². The first kappa shape index (κ1) is 15.9. The Morgan fingerprint density at radius 1 is 1.21 bits per heavy atom. The molecule has 0 bridgehead atoms. The van der Waals surface area contributed by atoms with Gasteiger partial charge < -0.3 is 10.1 Å². The lowest BCUT2D eigenvalue weighted by atomic mass is 10.2. The van der Waals surface area contributed by atoms with E-state index in [1.807, 2.05) is 6.92 Å². The van der Waals surface area contributed by atoms with E-state index in [1.54, 1.807) is 0 Å². The van der Waals surface area contributed by atoms with Gasteiger partial charge in [0.15, 0.2) is 11.6 Å². The standard InChI is InChI=1S/C15H23F2NO/c1-4-6-12(10-18-9-11(2)3)19-14-8-5-7-13(16)15(14)17/h5,7-8,11-12,18H,4,6,9-10H2,1-3H3. The van der Waals surface area contributed by atoms with Gasteiger partial charge in [0.1, 0.15) is 6.10 Å². The fourth-order valence-corrected chi connectivity index (χ4v) is 1.81. The molecule has 2 nitrogen and oxygen atoms in total. The first-order valence-corrected chi connectivity index (χ1v) is 6.86. The summed E-state index contributed by atoms with van der Waals surface area (Å²) in [5.41, 5.74) is 0. The highest BCUT2D eigenvalue weighted by Gasteiger charge is 2.14. The fraction of sp³-hybridized carbons (Fsp3) is 0.600. The predicted molar refractivity (Wildman–Crippen MR) is 73.4 cm³/mol. The molecule has 0 fully saturated rings. The molecule has 0 amide bonds. The van der Waals surface area contributed by atoms with Crippen LogP contribution in [0, 0.1) is 17.6 Å². The van der Waals surface area contributed by atoms with Crippen molar-refractivity contribution < 1.29 is 13.5 Å². The monoisotopic (exact) mass is 271 g/mol. The molecule has 19 heavy (non-hydrogen) atoms. The number of hydrogen-bond donors (Lipinski definition) is 1. The summed E-state index contributed by atoms with van der Waals surface area (Å²) < 4.78 is 32.2. The number of ether oxygens (including phenoxy) is 1. The first-order valence-electron chi connectivity index (χ1n) is 6.86. The molecule has 1 aromatic rings. The van der Waals surface area contributed by atoms with Gasteiger partial charge in [-0.1, -0.05) is 33.3 Å². The van der Waals surface area contributed by atoms with Gasteiger partial charge in [-0.05, 0) is 31.0 Å². The lowest BCUT2D eigenvalue weighted by Gasteiger charge is -2.20. The third kappa shape index (κ3) is 5.55. The number of rotatable bonds is 8. The van der Waals surface area contributed by atoms with Gasteiger partial charge in [0.25, 0.3) is 0 Å². The lowest BCUT2D eigenvalue weighted by molar-refractivity contribution is 0.175. The zero-order valence-electron chi connectivity index (χ0n) is 11.9. The third-order valence-electron chi connectivity index (χ3n) is 2.75. The normalized spacial score (nSPS) is 12.7. The number of hydrogen-bond acceptors (Lipinski definition) is 2. The van der Waals surface area contributed by atoms with Crippen LogP contribution in [0.15, 0.2) is 18.2 Å². The van der Waals surface area contributed by atoms with Crippen molar-refractivity contribution in [3.8, 4) is 5.75 Å². The molecule has 1 unspecified atom stereocenters. The minimum atomic E-state index is -0.910. The molecule has 0 aromatic heterocycles. The number of benzene rings is 1. The smallest absolute Gasteiger partial charge is 0.200 e. The number of nitrogens with one attached hydrogen (secondary N) is 1. The zero-order valence-corrected chi connectivity index (χ0v) is 11.9. The summed E-state index contributed by atoms with van der Waals surface area (Å²) in [5, 5.41) is 3.28. The van der Waals surface area contributed by atoms with E-state index in [1.165, 1.54) is 12.1 Å². The molecule has 0 spiro atoms. The molecule has 0 saturated heterocycles. The van der Waals surface area contributed by atoms with Gasteiger partial charge in [-0.3, -0.25) is 0 Å². The second-order valence-electron chi connectivity index (χ2n) is 5.13. The molecule has 1 N–H and O–H groups in total. The van der Waals surface area contributed by atoms with Gasteiger partial charge in [-0.15, -0.1) is 0 Å². The molecular formula is C15H23F2NO. The van der Waals surface area contributed by atoms with Gasteiger partial charge in [0, 0.05) is 6.54 Å². The second-order valence-corrected chi connectivity index (χ2v) is 5.13. The lowest BCUT2D eigenvalue weighted by Crippen LogP contribution is -2.33. The third-order valence-corrected chi connectivity index (χ3v) is 2.75. The highest BCUT2D eigenvalue weighted by atomic mass is 19.2. The van der Waals surface area contributed by atoms with E-state index < -0.39 is 11.6 Å². The summed E-state index contributed by atoms with van der Waals surface area (Å²) in [6.07, 6.45) is 1.60. The largest absolute Gasteiger partial charge is 0.486 e. The highest BCUT2D eigenvalue weighted by Crippen LogP contribution is 2.21. The van der Waals surface area contributed by atoms with Crippen LogP contribution >= 0.6 is 0 Å². The molecule has 108 valence electrons. The van der Waals surface area contributed by atoms with Crippen LogP contribution in [0.5, 0.6) is 5.75 Å². The Morgan fingerprint density at radius 3 is 2.58 bits per heavy atom. The zero-order chi connectivity index (χ0) is 14.3. The molecule has 0 aliphatic carbocycles.